The van der Waals surface area contributed by atoms with Gasteiger partial charge in [-0.05, 0) is 48.6 Å². The normalized spacial score (nSPS) is 14.3. The molecule has 2 aromatic carbocycles. The lowest BCUT2D eigenvalue weighted by Gasteiger charge is -2.31. The zero-order valence-corrected chi connectivity index (χ0v) is 20.3. The highest BCUT2D eigenvalue weighted by atomic mass is 16.5. The van der Waals surface area contributed by atoms with E-state index < -0.39 is 0 Å². The van der Waals surface area contributed by atoms with Gasteiger partial charge in [-0.2, -0.15) is 4.98 Å². The van der Waals surface area contributed by atoms with Crippen molar-refractivity contribution in [1.82, 2.24) is 9.97 Å². The predicted octanol–water partition coefficient (Wildman–Crippen LogP) is 3.50. The molecule has 1 aliphatic carbocycles. The van der Waals surface area contributed by atoms with E-state index in [1.54, 1.807) is 28.4 Å². The van der Waals surface area contributed by atoms with Gasteiger partial charge in [0.2, 0.25) is 5.95 Å². The molecule has 3 aromatic rings. The minimum absolute atomic E-state index is 0.250. The van der Waals surface area contributed by atoms with Crippen LogP contribution in [0.3, 0.4) is 0 Å². The summed E-state index contributed by atoms with van der Waals surface area (Å²) >= 11 is 0. The molecule has 1 aromatic heterocycles. The first-order valence-electron chi connectivity index (χ1n) is 11.3. The van der Waals surface area contributed by atoms with E-state index in [2.05, 4.69) is 22.3 Å². The molecular formula is C25H30N4O6. The molecule has 2 aliphatic rings. The van der Waals surface area contributed by atoms with Gasteiger partial charge in [0, 0.05) is 30.6 Å². The second-order valence-corrected chi connectivity index (χ2v) is 8.27. The van der Waals surface area contributed by atoms with E-state index in [9.17, 15) is 0 Å². The molecule has 2 heterocycles. The first-order chi connectivity index (χ1) is 17.0. The second kappa shape index (κ2) is 10.5. The molecule has 1 aliphatic heterocycles. The third kappa shape index (κ3) is 5.11. The monoisotopic (exact) mass is 482 g/mol. The number of benzene rings is 2. The van der Waals surface area contributed by atoms with Gasteiger partial charge in [0.05, 0.1) is 34.0 Å². The van der Waals surface area contributed by atoms with Gasteiger partial charge in [0.1, 0.15) is 5.82 Å². The summed E-state index contributed by atoms with van der Waals surface area (Å²) in [6.45, 7) is 1.31. The molecule has 0 bridgehead atoms. The third-order valence-electron chi connectivity index (χ3n) is 6.11. The van der Waals surface area contributed by atoms with Crippen LogP contribution in [0.1, 0.15) is 24.0 Å². The summed E-state index contributed by atoms with van der Waals surface area (Å²) in [4.78, 5) is 20.4. The van der Waals surface area contributed by atoms with Gasteiger partial charge in [-0.25, -0.2) is 4.98 Å². The van der Waals surface area contributed by atoms with Crippen molar-refractivity contribution in [2.45, 2.75) is 31.8 Å². The van der Waals surface area contributed by atoms with Crippen molar-refractivity contribution in [2.75, 3.05) is 45.2 Å². The first kappa shape index (κ1) is 24.2. The highest BCUT2D eigenvalue weighted by Gasteiger charge is 2.26. The fraction of sp³-hybridized carbons (Fsp3) is 0.400. The number of hydrogen-bond acceptors (Lipinski definition) is 9. The van der Waals surface area contributed by atoms with Crippen LogP contribution in [0.4, 0.5) is 11.8 Å². The van der Waals surface area contributed by atoms with Crippen molar-refractivity contribution < 1.29 is 28.8 Å². The second-order valence-electron chi connectivity index (χ2n) is 8.27. The maximum absolute atomic E-state index is 8.36. The predicted molar refractivity (Wildman–Crippen MR) is 132 cm³/mol. The van der Waals surface area contributed by atoms with Crippen LogP contribution in [0.15, 0.2) is 24.3 Å². The van der Waals surface area contributed by atoms with E-state index in [1.165, 1.54) is 11.1 Å². The Kier molecular flexibility index (Phi) is 7.28. The Labute approximate surface area is 203 Å². The largest absolute Gasteiger partial charge is 0.493 e. The number of anilines is 2. The third-order valence-corrected chi connectivity index (χ3v) is 6.11. The number of hydrogen-bond donors (Lipinski definition) is 2. The van der Waals surface area contributed by atoms with Crippen molar-refractivity contribution in [1.29, 1.82) is 0 Å². The number of rotatable bonds is 7. The summed E-state index contributed by atoms with van der Waals surface area (Å²) < 4.78 is 22.1. The summed E-state index contributed by atoms with van der Waals surface area (Å²) in [7, 11) is 6.61. The van der Waals surface area contributed by atoms with Crippen molar-refractivity contribution in [3.63, 3.8) is 0 Å². The van der Waals surface area contributed by atoms with Crippen LogP contribution in [0.25, 0.3) is 10.9 Å². The maximum Gasteiger partial charge on any atom is 0.290 e. The van der Waals surface area contributed by atoms with Crippen molar-refractivity contribution in [2.24, 2.45) is 0 Å². The Morgan fingerprint density at radius 3 is 2.09 bits per heavy atom. The van der Waals surface area contributed by atoms with Crippen molar-refractivity contribution in [3.05, 3.63) is 35.4 Å². The molecule has 1 fully saturated rings. The molecule has 0 unspecified atom stereocenters. The molecule has 0 saturated heterocycles. The lowest BCUT2D eigenvalue weighted by molar-refractivity contribution is -0.122. The summed E-state index contributed by atoms with van der Waals surface area (Å²) in [5.74, 6) is 4.36. The Morgan fingerprint density at radius 1 is 0.914 bits per heavy atom. The van der Waals surface area contributed by atoms with Crippen LogP contribution in [0, 0.1) is 0 Å². The molecule has 0 radical (unpaired) electrons. The summed E-state index contributed by atoms with van der Waals surface area (Å²) in [5, 5.41) is 11.3. The van der Waals surface area contributed by atoms with Crippen LogP contribution >= 0.6 is 0 Å². The van der Waals surface area contributed by atoms with Gasteiger partial charge in [-0.3, -0.25) is 4.79 Å². The molecular weight excluding hydrogens is 452 g/mol. The Bertz CT molecular complexity index is 1210. The van der Waals surface area contributed by atoms with Crippen LogP contribution in [0.5, 0.6) is 23.0 Å². The number of ether oxygens (including phenoxy) is 4. The molecule has 0 atom stereocenters. The lowest BCUT2D eigenvalue weighted by Crippen LogP contribution is -2.31. The Hall–Kier alpha value is -3.95. The number of methoxy groups -OCH3 is 4. The Morgan fingerprint density at radius 2 is 1.49 bits per heavy atom. The highest BCUT2D eigenvalue weighted by molar-refractivity contribution is 5.93. The van der Waals surface area contributed by atoms with Gasteiger partial charge >= 0.3 is 0 Å². The zero-order chi connectivity index (χ0) is 24.9. The molecule has 1 saturated carbocycles. The highest BCUT2D eigenvalue weighted by Crippen LogP contribution is 2.39. The molecule has 10 heteroatoms. The molecule has 186 valence electrons. The number of nitrogens with zero attached hydrogens (tertiary/aromatic N) is 3. The number of fused-ring (bicyclic) bond motifs is 2. The molecule has 0 spiro atoms. The SMILES string of the molecule is COc1cc2c(cc1OC)CN(c1nc(NC3CC3)nc3cc(OC)c(OC)cc13)CC2.O=CO. The van der Waals surface area contributed by atoms with E-state index in [4.69, 9.17) is 38.8 Å². The topological polar surface area (TPSA) is 115 Å². The van der Waals surface area contributed by atoms with Crippen LogP contribution in [-0.2, 0) is 17.8 Å². The zero-order valence-electron chi connectivity index (χ0n) is 20.3. The fourth-order valence-corrected chi connectivity index (χ4v) is 4.22. The minimum atomic E-state index is -0.250. The number of nitrogens with one attached hydrogen (secondary N) is 1. The quantitative estimate of drug-likeness (QED) is 0.485. The lowest BCUT2D eigenvalue weighted by atomic mass is 9.98. The first-order valence-corrected chi connectivity index (χ1v) is 11.3. The smallest absolute Gasteiger partial charge is 0.290 e. The van der Waals surface area contributed by atoms with E-state index in [1.807, 2.05) is 12.1 Å². The average Bonchev–Trinajstić information content (AvgIpc) is 3.70. The number of carbonyl (C=O) groups is 1. The van der Waals surface area contributed by atoms with Gasteiger partial charge in [0.15, 0.2) is 23.0 Å². The molecule has 5 rings (SSSR count). The van der Waals surface area contributed by atoms with Gasteiger partial charge in [-0.1, -0.05) is 0 Å². The minimum Gasteiger partial charge on any atom is -0.493 e. The van der Waals surface area contributed by atoms with E-state index in [0.717, 1.165) is 60.6 Å². The summed E-state index contributed by atoms with van der Waals surface area (Å²) in [6.07, 6.45) is 3.20. The van der Waals surface area contributed by atoms with E-state index in [0.29, 0.717) is 23.5 Å². The summed E-state index contributed by atoms with van der Waals surface area (Å²) in [5.41, 5.74) is 3.31. The number of carboxylic acid groups (broad SMARTS) is 1. The van der Waals surface area contributed by atoms with Gasteiger partial charge in [-0.15, -0.1) is 0 Å². The van der Waals surface area contributed by atoms with Crippen LogP contribution in [0.2, 0.25) is 0 Å². The molecule has 0 amide bonds. The van der Waals surface area contributed by atoms with Crippen molar-refractivity contribution in [3.8, 4) is 23.0 Å². The summed E-state index contributed by atoms with van der Waals surface area (Å²) in [6, 6.07) is 8.49. The van der Waals surface area contributed by atoms with Gasteiger partial charge < -0.3 is 34.3 Å². The molecule has 35 heavy (non-hydrogen) atoms. The maximum atomic E-state index is 8.36. The molecule has 2 N–H and O–H groups in total. The van der Waals surface area contributed by atoms with E-state index in [-0.39, 0.29) is 6.47 Å². The Balaban J connectivity index is 0.000000917. The number of aromatic nitrogens is 2. The van der Waals surface area contributed by atoms with Crippen LogP contribution in [-0.4, -0.2) is 62.6 Å². The van der Waals surface area contributed by atoms with Crippen molar-refractivity contribution >= 4 is 29.1 Å². The van der Waals surface area contributed by atoms with Crippen LogP contribution < -0.4 is 29.2 Å². The van der Waals surface area contributed by atoms with Gasteiger partial charge in [0.25, 0.3) is 6.47 Å². The molecule has 10 nitrogen and oxygen atoms in total. The standard InChI is InChI=1S/C24H28N4O4.CH2O2/c1-29-19-9-14-7-8-28(13-15(14)10-20(19)30-2)23-17-11-21(31-3)22(32-4)12-18(17)26-24(27-23)25-16-5-6-16;2-1-3/h9-12,16H,5-8,13H2,1-4H3,(H,25,26,27);1H,(H,2,3). The van der Waals surface area contributed by atoms with E-state index >= 15 is 0 Å². The average molecular weight is 483 g/mol. The fourth-order valence-electron chi connectivity index (χ4n) is 4.22.